The number of fused-ring (bicyclic) bond motifs is 2. The minimum atomic E-state index is 0.713. The fourth-order valence-electron chi connectivity index (χ4n) is 3.92. The van der Waals surface area contributed by atoms with Gasteiger partial charge in [0.2, 0.25) is 0 Å². The van der Waals surface area contributed by atoms with Gasteiger partial charge in [0, 0.05) is 18.3 Å². The Kier molecular flexibility index (Phi) is 4.52. The van der Waals surface area contributed by atoms with E-state index >= 15 is 0 Å². The number of para-hydroxylation sites is 2. The number of benzene rings is 4. The Labute approximate surface area is 174 Å². The number of imidazole rings is 1. The molecule has 0 aliphatic rings. The van der Waals surface area contributed by atoms with Crippen LogP contribution in [0.3, 0.4) is 0 Å². The summed E-state index contributed by atoms with van der Waals surface area (Å²) in [5, 5.41) is 9.90. The van der Waals surface area contributed by atoms with E-state index in [0.717, 1.165) is 34.3 Å². The zero-order valence-electron chi connectivity index (χ0n) is 16.7. The average Bonchev–Trinajstić information content (AvgIpc) is 3.21. The summed E-state index contributed by atoms with van der Waals surface area (Å²) in [6.45, 7) is 0.792. The molecule has 5 rings (SSSR count). The quantitative estimate of drug-likeness (QED) is 0.379. The van der Waals surface area contributed by atoms with Gasteiger partial charge < -0.3 is 14.7 Å². The number of hydrogen-bond acceptors (Lipinski definition) is 3. The van der Waals surface area contributed by atoms with E-state index in [9.17, 15) is 0 Å². The van der Waals surface area contributed by atoms with Crippen molar-refractivity contribution >= 4 is 28.0 Å². The Morgan fingerprint density at radius 1 is 0.900 bits per heavy atom. The van der Waals surface area contributed by atoms with Crippen LogP contribution < -0.4 is 4.74 Å². The van der Waals surface area contributed by atoms with Gasteiger partial charge >= 0.3 is 0 Å². The normalized spacial score (nSPS) is 11.1. The maximum absolute atomic E-state index is 7.49. The third kappa shape index (κ3) is 3.22. The number of rotatable bonds is 5. The first-order chi connectivity index (χ1) is 14.7. The van der Waals surface area contributed by atoms with E-state index in [2.05, 4.69) is 52.0 Å². The molecule has 146 valence electrons. The van der Waals surface area contributed by atoms with Gasteiger partial charge in [0.15, 0.2) is 0 Å². The molecular weight excluding hydrogens is 370 g/mol. The SMILES string of the molecule is COc1cc(-c2ccc3cc(Cn4cnc5ccccc54)ccc3c2)ccc1C=N. The van der Waals surface area contributed by atoms with Crippen LogP contribution in [0.4, 0.5) is 0 Å². The highest BCUT2D eigenvalue weighted by molar-refractivity contribution is 5.89. The van der Waals surface area contributed by atoms with Crippen molar-refractivity contribution in [2.75, 3.05) is 7.11 Å². The van der Waals surface area contributed by atoms with Crippen LogP contribution in [0.15, 0.2) is 85.2 Å². The van der Waals surface area contributed by atoms with Gasteiger partial charge in [-0.2, -0.15) is 0 Å². The molecule has 30 heavy (non-hydrogen) atoms. The molecule has 0 saturated carbocycles. The summed E-state index contributed by atoms with van der Waals surface area (Å²) in [5.74, 6) is 0.713. The highest BCUT2D eigenvalue weighted by Gasteiger charge is 2.07. The van der Waals surface area contributed by atoms with Gasteiger partial charge in [-0.1, -0.05) is 42.5 Å². The van der Waals surface area contributed by atoms with E-state index in [0.29, 0.717) is 5.75 Å². The second kappa shape index (κ2) is 7.48. The van der Waals surface area contributed by atoms with Gasteiger partial charge in [-0.15, -0.1) is 0 Å². The van der Waals surface area contributed by atoms with Crippen LogP contribution in [0.1, 0.15) is 11.1 Å². The molecule has 1 heterocycles. The van der Waals surface area contributed by atoms with E-state index in [1.54, 1.807) is 7.11 Å². The van der Waals surface area contributed by atoms with Crippen molar-refractivity contribution in [1.29, 1.82) is 5.41 Å². The minimum Gasteiger partial charge on any atom is -0.496 e. The lowest BCUT2D eigenvalue weighted by atomic mass is 9.99. The topological polar surface area (TPSA) is 50.9 Å². The summed E-state index contributed by atoms with van der Waals surface area (Å²) in [6, 6.07) is 27.2. The molecule has 4 nitrogen and oxygen atoms in total. The molecule has 0 aliphatic heterocycles. The van der Waals surface area contributed by atoms with Crippen LogP contribution in [0.25, 0.3) is 32.9 Å². The van der Waals surface area contributed by atoms with E-state index in [-0.39, 0.29) is 0 Å². The van der Waals surface area contributed by atoms with Gasteiger partial charge in [0.05, 0.1) is 24.5 Å². The highest BCUT2D eigenvalue weighted by atomic mass is 16.5. The predicted octanol–water partition coefficient (Wildman–Crippen LogP) is 5.91. The molecule has 0 bridgehead atoms. The summed E-state index contributed by atoms with van der Waals surface area (Å²) in [6.07, 6.45) is 3.22. The summed E-state index contributed by atoms with van der Waals surface area (Å²) >= 11 is 0. The number of methoxy groups -OCH3 is 1. The summed E-state index contributed by atoms with van der Waals surface area (Å²) in [7, 11) is 1.64. The van der Waals surface area contributed by atoms with Crippen LogP contribution >= 0.6 is 0 Å². The van der Waals surface area contributed by atoms with Gasteiger partial charge in [-0.05, 0) is 63.9 Å². The van der Waals surface area contributed by atoms with Gasteiger partial charge in [-0.25, -0.2) is 4.98 Å². The third-order valence-corrected chi connectivity index (χ3v) is 5.51. The lowest BCUT2D eigenvalue weighted by molar-refractivity contribution is 0.414. The van der Waals surface area contributed by atoms with Crippen LogP contribution in [0.2, 0.25) is 0 Å². The molecular formula is C26H21N3O. The molecule has 0 amide bonds. The Morgan fingerprint density at radius 2 is 1.67 bits per heavy atom. The molecule has 1 N–H and O–H groups in total. The Hall–Kier alpha value is -3.92. The number of ether oxygens (including phenoxy) is 1. The minimum absolute atomic E-state index is 0.713. The molecule has 0 fully saturated rings. The molecule has 1 aromatic heterocycles. The lowest BCUT2D eigenvalue weighted by Crippen LogP contribution is -1.97. The molecule has 0 radical (unpaired) electrons. The summed E-state index contributed by atoms with van der Waals surface area (Å²) < 4.78 is 7.61. The molecule has 4 aromatic carbocycles. The Morgan fingerprint density at radius 3 is 2.53 bits per heavy atom. The van der Waals surface area contributed by atoms with Crippen LogP contribution in [0, 0.1) is 5.41 Å². The van der Waals surface area contributed by atoms with Crippen molar-refractivity contribution in [3.05, 3.63) is 96.3 Å². The van der Waals surface area contributed by atoms with E-state index < -0.39 is 0 Å². The first kappa shape index (κ1) is 18.1. The van der Waals surface area contributed by atoms with Gasteiger partial charge in [0.1, 0.15) is 5.75 Å². The zero-order valence-corrected chi connectivity index (χ0v) is 16.7. The molecule has 5 aromatic rings. The summed E-state index contributed by atoms with van der Waals surface area (Å²) in [4.78, 5) is 4.49. The van der Waals surface area contributed by atoms with Gasteiger partial charge in [0.25, 0.3) is 0 Å². The lowest BCUT2D eigenvalue weighted by Gasteiger charge is -2.10. The maximum Gasteiger partial charge on any atom is 0.128 e. The first-order valence-corrected chi connectivity index (χ1v) is 9.86. The third-order valence-electron chi connectivity index (χ3n) is 5.51. The Bertz CT molecular complexity index is 1380. The monoisotopic (exact) mass is 391 g/mol. The van der Waals surface area contributed by atoms with Crippen molar-refractivity contribution < 1.29 is 4.74 Å². The number of nitrogens with one attached hydrogen (secondary N) is 1. The second-order valence-corrected chi connectivity index (χ2v) is 7.36. The fourth-order valence-corrected chi connectivity index (χ4v) is 3.92. The number of nitrogens with zero attached hydrogens (tertiary/aromatic N) is 2. The standard InChI is InChI=1S/C26H21N3O/c1-30-26-14-22(10-11-23(26)15-27)21-9-8-19-12-18(6-7-20(19)13-21)16-29-17-28-24-4-2-3-5-25(24)29/h2-15,17,27H,16H2,1H3. The van der Waals surface area contributed by atoms with Crippen LogP contribution in [-0.4, -0.2) is 22.9 Å². The van der Waals surface area contributed by atoms with E-state index in [1.807, 2.05) is 42.7 Å². The maximum atomic E-state index is 7.49. The van der Waals surface area contributed by atoms with Crippen LogP contribution in [0.5, 0.6) is 5.75 Å². The van der Waals surface area contributed by atoms with Crippen molar-refractivity contribution in [3.63, 3.8) is 0 Å². The largest absolute Gasteiger partial charge is 0.496 e. The summed E-state index contributed by atoms with van der Waals surface area (Å²) in [5.41, 5.74) is 6.40. The highest BCUT2D eigenvalue weighted by Crippen LogP contribution is 2.29. The molecule has 4 heteroatoms. The Balaban J connectivity index is 1.47. The van der Waals surface area contributed by atoms with Crippen molar-refractivity contribution in [3.8, 4) is 16.9 Å². The average molecular weight is 391 g/mol. The van der Waals surface area contributed by atoms with Crippen LogP contribution in [-0.2, 0) is 6.54 Å². The predicted molar refractivity (Wildman–Crippen MR) is 123 cm³/mol. The van der Waals surface area contributed by atoms with E-state index in [1.165, 1.54) is 22.6 Å². The molecule has 0 aliphatic carbocycles. The molecule has 0 unspecified atom stereocenters. The van der Waals surface area contributed by atoms with E-state index in [4.69, 9.17) is 10.1 Å². The molecule has 0 saturated heterocycles. The number of hydrogen-bond donors (Lipinski definition) is 1. The van der Waals surface area contributed by atoms with Crippen molar-refractivity contribution in [2.24, 2.45) is 0 Å². The first-order valence-electron chi connectivity index (χ1n) is 9.86. The second-order valence-electron chi connectivity index (χ2n) is 7.36. The van der Waals surface area contributed by atoms with Crippen molar-refractivity contribution in [1.82, 2.24) is 9.55 Å². The smallest absolute Gasteiger partial charge is 0.128 e. The number of aromatic nitrogens is 2. The van der Waals surface area contributed by atoms with Gasteiger partial charge in [-0.3, -0.25) is 0 Å². The fraction of sp³-hybridized carbons (Fsp3) is 0.0769. The van der Waals surface area contributed by atoms with Crippen molar-refractivity contribution in [2.45, 2.75) is 6.54 Å². The molecule has 0 spiro atoms. The zero-order chi connectivity index (χ0) is 20.5. The molecule has 0 atom stereocenters.